The van der Waals surface area contributed by atoms with Crippen LogP contribution in [0.3, 0.4) is 0 Å². The number of carbonyl (C=O) groups is 1. The zero-order valence-corrected chi connectivity index (χ0v) is 17.9. The first-order chi connectivity index (χ1) is 13.0. The van der Waals surface area contributed by atoms with E-state index in [4.69, 9.17) is 11.6 Å². The number of halogens is 1. The maximum Gasteiger partial charge on any atom is 0.230 e. The van der Waals surface area contributed by atoms with Gasteiger partial charge in [0.1, 0.15) is 0 Å². The third-order valence-corrected chi connectivity index (χ3v) is 6.94. The molecule has 0 radical (unpaired) electrons. The van der Waals surface area contributed by atoms with E-state index >= 15 is 0 Å². The van der Waals surface area contributed by atoms with Crippen molar-refractivity contribution in [1.82, 2.24) is 20.4 Å². The number of carbonyl (C=O) groups excluding carboxylic acids is 1. The van der Waals surface area contributed by atoms with Crippen LogP contribution in [0.4, 0.5) is 10.8 Å². The summed E-state index contributed by atoms with van der Waals surface area (Å²) in [6.45, 7) is 7.34. The number of nitrogens with zero attached hydrogens (tertiary/aromatic N) is 3. The highest BCUT2D eigenvalue weighted by molar-refractivity contribution is 8.01. The van der Waals surface area contributed by atoms with Gasteiger partial charge in [-0.1, -0.05) is 47.7 Å². The third-order valence-electron chi connectivity index (χ3n) is 4.56. The molecule has 0 bridgehead atoms. The summed E-state index contributed by atoms with van der Waals surface area (Å²) >= 11 is 8.99. The number of amides is 1. The Morgan fingerprint density at radius 1 is 1.37 bits per heavy atom. The first kappa shape index (κ1) is 20.4. The molecule has 3 rings (SSSR count). The summed E-state index contributed by atoms with van der Waals surface area (Å²) < 4.78 is 0.770. The molecule has 0 saturated carbocycles. The quantitative estimate of drug-likeness (QED) is 0.655. The van der Waals surface area contributed by atoms with Crippen LogP contribution in [0.5, 0.6) is 0 Å². The van der Waals surface area contributed by atoms with E-state index in [1.54, 1.807) is 0 Å². The summed E-state index contributed by atoms with van der Waals surface area (Å²) in [6.07, 6.45) is 2.05. The van der Waals surface area contributed by atoms with Gasteiger partial charge in [0.15, 0.2) is 4.34 Å². The minimum absolute atomic E-state index is 0.0602. The number of likely N-dealkylation sites (tertiary alicyclic amines) is 1. The highest BCUT2D eigenvalue weighted by Crippen LogP contribution is 2.29. The Morgan fingerprint density at radius 2 is 2.15 bits per heavy atom. The van der Waals surface area contributed by atoms with Crippen molar-refractivity contribution in [2.24, 2.45) is 0 Å². The Kier molecular flexibility index (Phi) is 7.34. The van der Waals surface area contributed by atoms with Gasteiger partial charge in [-0.2, -0.15) is 0 Å². The minimum Gasteiger partial charge on any atom is -0.353 e. The van der Waals surface area contributed by atoms with E-state index in [1.165, 1.54) is 23.1 Å². The fourth-order valence-corrected chi connectivity index (χ4v) is 4.67. The van der Waals surface area contributed by atoms with E-state index in [-0.39, 0.29) is 5.91 Å². The molecule has 1 fully saturated rings. The van der Waals surface area contributed by atoms with E-state index in [9.17, 15) is 4.79 Å². The van der Waals surface area contributed by atoms with Crippen LogP contribution < -0.4 is 10.6 Å². The number of rotatable bonds is 7. The van der Waals surface area contributed by atoms with Gasteiger partial charge in [0.05, 0.1) is 5.75 Å². The molecular formula is C18H24ClN5OS2. The fraction of sp³-hybridized carbons (Fsp3) is 0.500. The Labute approximate surface area is 173 Å². The summed E-state index contributed by atoms with van der Waals surface area (Å²) in [7, 11) is 0. The number of benzene rings is 1. The monoisotopic (exact) mass is 425 g/mol. The molecule has 1 aliphatic heterocycles. The number of piperidine rings is 1. The summed E-state index contributed by atoms with van der Waals surface area (Å²) in [5.41, 5.74) is 1.90. The lowest BCUT2D eigenvalue weighted by molar-refractivity contribution is -0.119. The molecule has 9 heteroatoms. The first-order valence-electron chi connectivity index (χ1n) is 9.04. The molecule has 0 aliphatic carbocycles. The number of anilines is 2. The first-order valence-corrected chi connectivity index (χ1v) is 11.2. The number of thioether (sulfide) groups is 1. The van der Waals surface area contributed by atoms with Crippen LogP contribution in [0.25, 0.3) is 0 Å². The number of aromatic nitrogens is 2. The van der Waals surface area contributed by atoms with E-state index in [0.717, 1.165) is 48.1 Å². The summed E-state index contributed by atoms with van der Waals surface area (Å²) in [5, 5.41) is 16.0. The van der Waals surface area contributed by atoms with Gasteiger partial charge in [-0.15, -0.1) is 10.2 Å². The molecule has 0 unspecified atom stereocenters. The zero-order chi connectivity index (χ0) is 19.2. The number of nitrogens with one attached hydrogen (secondary N) is 2. The molecule has 0 atom stereocenters. The van der Waals surface area contributed by atoms with Crippen LogP contribution in [-0.2, 0) is 4.79 Å². The van der Waals surface area contributed by atoms with Gasteiger partial charge >= 0.3 is 0 Å². The van der Waals surface area contributed by atoms with E-state index < -0.39 is 0 Å². The molecule has 146 valence electrons. The molecule has 2 N–H and O–H groups in total. The van der Waals surface area contributed by atoms with Crippen LogP contribution in [-0.4, -0.2) is 52.4 Å². The molecule has 2 aromatic rings. The molecule has 6 nitrogen and oxygen atoms in total. The summed E-state index contributed by atoms with van der Waals surface area (Å²) in [5.74, 6) is 0.420. The van der Waals surface area contributed by atoms with E-state index in [2.05, 4.69) is 32.7 Å². The zero-order valence-electron chi connectivity index (χ0n) is 15.5. The summed E-state index contributed by atoms with van der Waals surface area (Å²) in [4.78, 5) is 14.6. The topological polar surface area (TPSA) is 70.2 Å². The third kappa shape index (κ3) is 6.07. The van der Waals surface area contributed by atoms with Gasteiger partial charge in [0.2, 0.25) is 11.0 Å². The fourth-order valence-electron chi connectivity index (χ4n) is 2.90. The smallest absolute Gasteiger partial charge is 0.230 e. The van der Waals surface area contributed by atoms with Crippen molar-refractivity contribution in [1.29, 1.82) is 0 Å². The molecular weight excluding hydrogens is 402 g/mol. The maximum absolute atomic E-state index is 12.2. The van der Waals surface area contributed by atoms with Crippen LogP contribution in [0.15, 0.2) is 22.5 Å². The Bertz CT molecular complexity index is 777. The average molecular weight is 426 g/mol. The van der Waals surface area contributed by atoms with Gasteiger partial charge in [0.25, 0.3) is 0 Å². The highest BCUT2D eigenvalue weighted by Gasteiger charge is 2.19. The standard InChI is InChI=1S/C18H24ClN5OS2/c1-3-24-8-6-13(7-9-24)20-16(25)11-26-18-23-22-17(27-18)21-14-5-4-12(2)15(19)10-14/h4-5,10,13H,3,6-9,11H2,1-2H3,(H,20,25)(H,21,22). The SMILES string of the molecule is CCN1CCC(NC(=O)CSc2nnc(Nc3ccc(C)c(Cl)c3)s2)CC1. The Morgan fingerprint density at radius 3 is 2.85 bits per heavy atom. The predicted octanol–water partition coefficient (Wildman–Crippen LogP) is 3.94. The number of hydrogen-bond acceptors (Lipinski definition) is 7. The molecule has 1 aromatic heterocycles. The molecule has 27 heavy (non-hydrogen) atoms. The lowest BCUT2D eigenvalue weighted by atomic mass is 10.1. The van der Waals surface area contributed by atoms with Crippen LogP contribution in [0.2, 0.25) is 5.02 Å². The van der Waals surface area contributed by atoms with Crippen LogP contribution in [0, 0.1) is 6.92 Å². The van der Waals surface area contributed by atoms with Gasteiger partial charge in [-0.3, -0.25) is 4.79 Å². The average Bonchev–Trinajstić information content (AvgIpc) is 3.11. The van der Waals surface area contributed by atoms with Gasteiger partial charge < -0.3 is 15.5 Å². The van der Waals surface area contributed by atoms with Crippen molar-refractivity contribution >= 4 is 51.4 Å². The predicted molar refractivity (Wildman–Crippen MR) is 113 cm³/mol. The van der Waals surface area contributed by atoms with E-state index in [1.807, 2.05) is 25.1 Å². The second kappa shape index (κ2) is 9.73. The lowest BCUT2D eigenvalue weighted by Gasteiger charge is -2.31. The molecule has 0 spiro atoms. The maximum atomic E-state index is 12.2. The Balaban J connectivity index is 1.43. The molecule has 1 aromatic carbocycles. The lowest BCUT2D eigenvalue weighted by Crippen LogP contribution is -2.45. The molecule has 2 heterocycles. The normalized spacial score (nSPS) is 15.7. The highest BCUT2D eigenvalue weighted by atomic mass is 35.5. The second-order valence-corrected chi connectivity index (χ2v) is 9.13. The summed E-state index contributed by atoms with van der Waals surface area (Å²) in [6, 6.07) is 6.06. The van der Waals surface area contributed by atoms with Crippen molar-refractivity contribution in [3.63, 3.8) is 0 Å². The van der Waals surface area contributed by atoms with Crippen molar-refractivity contribution in [2.45, 2.75) is 37.1 Å². The van der Waals surface area contributed by atoms with Gasteiger partial charge in [-0.05, 0) is 44.0 Å². The van der Waals surface area contributed by atoms with Gasteiger partial charge in [0, 0.05) is 29.8 Å². The van der Waals surface area contributed by atoms with Crippen LogP contribution >= 0.6 is 34.7 Å². The second-order valence-electron chi connectivity index (χ2n) is 6.53. The van der Waals surface area contributed by atoms with E-state index in [0.29, 0.717) is 21.9 Å². The molecule has 1 aliphatic rings. The van der Waals surface area contributed by atoms with Crippen molar-refractivity contribution in [3.05, 3.63) is 28.8 Å². The van der Waals surface area contributed by atoms with Crippen molar-refractivity contribution < 1.29 is 4.79 Å². The molecule has 1 amide bonds. The number of hydrogen-bond donors (Lipinski definition) is 2. The van der Waals surface area contributed by atoms with Crippen molar-refractivity contribution in [3.8, 4) is 0 Å². The van der Waals surface area contributed by atoms with Crippen LogP contribution in [0.1, 0.15) is 25.3 Å². The van der Waals surface area contributed by atoms with Gasteiger partial charge in [-0.25, -0.2) is 0 Å². The Hall–Kier alpha value is -1.35. The molecule has 1 saturated heterocycles. The number of aryl methyl sites for hydroxylation is 1. The van der Waals surface area contributed by atoms with Crippen molar-refractivity contribution in [2.75, 3.05) is 30.7 Å². The largest absolute Gasteiger partial charge is 0.353 e. The minimum atomic E-state index is 0.0602.